The number of hydrogen-bond acceptors (Lipinski definition) is 6. The minimum absolute atomic E-state index is 0.122. The smallest absolute Gasteiger partial charge is 0.290 e. The number of sulfonamides is 1. The van der Waals surface area contributed by atoms with Crippen LogP contribution >= 0.6 is 11.8 Å². The summed E-state index contributed by atoms with van der Waals surface area (Å²) in [5.74, 6) is 0.973. The molecule has 0 saturated carbocycles. The maximum absolute atomic E-state index is 12.7. The summed E-state index contributed by atoms with van der Waals surface area (Å²) < 4.78 is 33.8. The lowest BCUT2D eigenvalue weighted by Gasteiger charge is -2.11. The van der Waals surface area contributed by atoms with Crippen molar-refractivity contribution in [3.05, 3.63) is 88.8 Å². The Hall–Kier alpha value is -3.56. The average Bonchev–Trinajstić information content (AvgIpc) is 3.12. The van der Waals surface area contributed by atoms with Crippen LogP contribution in [0, 0.1) is 0 Å². The third kappa shape index (κ3) is 5.67. The van der Waals surface area contributed by atoms with Gasteiger partial charge in [-0.2, -0.15) is 0 Å². The van der Waals surface area contributed by atoms with E-state index in [9.17, 15) is 18.0 Å². The van der Waals surface area contributed by atoms with E-state index in [0.29, 0.717) is 28.0 Å². The zero-order chi connectivity index (χ0) is 24.3. The second-order valence-corrected chi connectivity index (χ2v) is 10.6. The Morgan fingerprint density at radius 3 is 2.00 bits per heavy atom. The van der Waals surface area contributed by atoms with E-state index in [1.807, 2.05) is 12.1 Å². The van der Waals surface area contributed by atoms with Crippen molar-refractivity contribution in [2.75, 3.05) is 4.72 Å². The molecule has 0 radical (unpaired) electrons. The van der Waals surface area contributed by atoms with Crippen LogP contribution in [0.5, 0.6) is 11.5 Å². The zero-order valence-corrected chi connectivity index (χ0v) is 20.1. The van der Waals surface area contributed by atoms with Gasteiger partial charge >= 0.3 is 0 Å². The zero-order valence-electron chi connectivity index (χ0n) is 18.4. The summed E-state index contributed by atoms with van der Waals surface area (Å²) in [5.41, 5.74) is 2.37. The van der Waals surface area contributed by atoms with Crippen LogP contribution in [0.3, 0.4) is 0 Å². The van der Waals surface area contributed by atoms with Crippen molar-refractivity contribution in [3.8, 4) is 11.5 Å². The van der Waals surface area contributed by atoms with Gasteiger partial charge in [-0.3, -0.25) is 19.6 Å². The molecule has 3 aromatic carbocycles. The van der Waals surface area contributed by atoms with Gasteiger partial charge in [0.2, 0.25) is 0 Å². The van der Waals surface area contributed by atoms with E-state index >= 15 is 0 Å². The van der Waals surface area contributed by atoms with Crippen LogP contribution in [0.1, 0.15) is 30.9 Å². The van der Waals surface area contributed by atoms with Gasteiger partial charge in [0.25, 0.3) is 21.2 Å². The number of amides is 2. The van der Waals surface area contributed by atoms with Crippen LogP contribution in [0.2, 0.25) is 0 Å². The van der Waals surface area contributed by atoms with Gasteiger partial charge in [-0.15, -0.1) is 0 Å². The molecule has 0 atom stereocenters. The van der Waals surface area contributed by atoms with Crippen molar-refractivity contribution in [2.45, 2.75) is 24.7 Å². The molecule has 0 aromatic heterocycles. The molecule has 1 aliphatic heterocycles. The van der Waals surface area contributed by atoms with E-state index in [4.69, 9.17) is 4.74 Å². The van der Waals surface area contributed by atoms with E-state index < -0.39 is 15.9 Å². The lowest BCUT2D eigenvalue weighted by Crippen LogP contribution is -2.17. The molecule has 1 aliphatic rings. The quantitative estimate of drug-likeness (QED) is 0.407. The second-order valence-electron chi connectivity index (χ2n) is 7.88. The molecule has 174 valence electrons. The fourth-order valence-electron chi connectivity index (χ4n) is 3.18. The van der Waals surface area contributed by atoms with Gasteiger partial charge in [-0.1, -0.05) is 38.1 Å². The second kappa shape index (κ2) is 9.74. The third-order valence-corrected chi connectivity index (χ3v) is 7.23. The third-order valence-electron chi connectivity index (χ3n) is 5.02. The molecule has 1 saturated heterocycles. The average molecular weight is 495 g/mol. The Morgan fingerprint density at radius 1 is 0.882 bits per heavy atom. The van der Waals surface area contributed by atoms with Crippen molar-refractivity contribution < 1.29 is 22.7 Å². The SMILES string of the molecule is CC(C)c1ccc(NS(=O)(=O)c2ccc(Oc3ccc(C=C4SC(=O)NC4=O)cc3)cc2)cc1. The molecule has 0 bridgehead atoms. The number of benzene rings is 3. The standard InChI is InChI=1S/C25H22N2O5S2/c1-16(2)18-5-7-19(8-6-18)27-34(30,31)22-13-11-21(12-14-22)32-20-9-3-17(4-10-20)15-23-24(28)26-25(29)33-23/h3-16,27H,1-2H3,(H,26,28,29). The van der Waals surface area contributed by atoms with E-state index in [0.717, 1.165) is 22.9 Å². The molecule has 0 aliphatic carbocycles. The first-order valence-electron chi connectivity index (χ1n) is 10.5. The molecular weight excluding hydrogens is 472 g/mol. The van der Waals surface area contributed by atoms with Crippen molar-refractivity contribution >= 4 is 44.7 Å². The van der Waals surface area contributed by atoms with Crippen molar-refractivity contribution in [1.82, 2.24) is 5.32 Å². The minimum Gasteiger partial charge on any atom is -0.457 e. The molecule has 2 N–H and O–H groups in total. The van der Waals surface area contributed by atoms with Gasteiger partial charge in [0.05, 0.1) is 9.80 Å². The van der Waals surface area contributed by atoms with Gasteiger partial charge < -0.3 is 4.74 Å². The van der Waals surface area contributed by atoms with E-state index in [1.165, 1.54) is 12.1 Å². The highest BCUT2D eigenvalue weighted by Crippen LogP contribution is 2.28. The number of imide groups is 1. The summed E-state index contributed by atoms with van der Waals surface area (Å²) >= 11 is 0.857. The number of anilines is 1. The van der Waals surface area contributed by atoms with Crippen LogP contribution in [0.25, 0.3) is 6.08 Å². The molecule has 1 heterocycles. The van der Waals surface area contributed by atoms with Crippen molar-refractivity contribution in [3.63, 3.8) is 0 Å². The lowest BCUT2D eigenvalue weighted by molar-refractivity contribution is -0.115. The van der Waals surface area contributed by atoms with Gasteiger partial charge in [0.1, 0.15) is 11.5 Å². The minimum atomic E-state index is -3.73. The normalized spacial score (nSPS) is 15.0. The summed E-state index contributed by atoms with van der Waals surface area (Å²) in [5, 5.41) is 1.82. The Balaban J connectivity index is 1.40. The highest BCUT2D eigenvalue weighted by Gasteiger charge is 2.24. The number of hydrogen-bond donors (Lipinski definition) is 2. The molecule has 2 amide bonds. The molecule has 7 nitrogen and oxygen atoms in total. The Morgan fingerprint density at radius 2 is 1.47 bits per heavy atom. The predicted octanol–water partition coefficient (Wildman–Crippen LogP) is 5.73. The largest absolute Gasteiger partial charge is 0.457 e. The molecule has 0 unspecified atom stereocenters. The fourth-order valence-corrected chi connectivity index (χ4v) is 4.92. The van der Waals surface area contributed by atoms with Crippen LogP contribution in [-0.2, 0) is 14.8 Å². The molecule has 9 heteroatoms. The number of rotatable bonds is 7. The van der Waals surface area contributed by atoms with Crippen molar-refractivity contribution in [2.24, 2.45) is 0 Å². The maximum atomic E-state index is 12.7. The van der Waals surface area contributed by atoms with Crippen LogP contribution in [0.4, 0.5) is 10.5 Å². The van der Waals surface area contributed by atoms with Gasteiger partial charge in [-0.05, 0) is 83.4 Å². The molecular formula is C25H22N2O5S2. The van der Waals surface area contributed by atoms with Crippen LogP contribution in [-0.4, -0.2) is 19.6 Å². The molecule has 4 rings (SSSR count). The summed E-state index contributed by atoms with van der Waals surface area (Å²) in [4.78, 5) is 23.3. The first-order chi connectivity index (χ1) is 16.2. The van der Waals surface area contributed by atoms with Crippen LogP contribution < -0.4 is 14.8 Å². The number of nitrogens with one attached hydrogen (secondary N) is 2. The number of carbonyl (C=O) groups is 2. The molecule has 0 spiro atoms. The predicted molar refractivity (Wildman–Crippen MR) is 133 cm³/mol. The van der Waals surface area contributed by atoms with Gasteiger partial charge in [-0.25, -0.2) is 8.42 Å². The van der Waals surface area contributed by atoms with Crippen LogP contribution in [0.15, 0.2) is 82.6 Å². The summed E-state index contributed by atoms with van der Waals surface area (Å²) in [6.45, 7) is 4.15. The topological polar surface area (TPSA) is 102 Å². The Labute approximate surface area is 202 Å². The van der Waals surface area contributed by atoms with Gasteiger partial charge in [0.15, 0.2) is 0 Å². The van der Waals surface area contributed by atoms with E-state index in [1.54, 1.807) is 54.6 Å². The monoisotopic (exact) mass is 494 g/mol. The van der Waals surface area contributed by atoms with E-state index in [-0.39, 0.29) is 10.1 Å². The van der Waals surface area contributed by atoms with E-state index in [2.05, 4.69) is 23.9 Å². The van der Waals surface area contributed by atoms with Gasteiger partial charge in [0, 0.05) is 5.69 Å². The molecule has 1 fully saturated rings. The van der Waals surface area contributed by atoms with Crippen molar-refractivity contribution in [1.29, 1.82) is 0 Å². The first-order valence-corrected chi connectivity index (χ1v) is 12.8. The fraction of sp³-hybridized carbons (Fsp3) is 0.120. The number of thioether (sulfide) groups is 1. The number of carbonyl (C=O) groups excluding carboxylic acids is 2. The highest BCUT2D eigenvalue weighted by molar-refractivity contribution is 8.18. The lowest BCUT2D eigenvalue weighted by atomic mass is 10.0. The maximum Gasteiger partial charge on any atom is 0.290 e. The summed E-state index contributed by atoms with van der Waals surface area (Å²) in [7, 11) is -3.73. The Bertz CT molecular complexity index is 1350. The number of ether oxygens (including phenoxy) is 1. The summed E-state index contributed by atoms with van der Waals surface area (Å²) in [6, 6.07) is 20.4. The Kier molecular flexibility index (Phi) is 6.76. The molecule has 34 heavy (non-hydrogen) atoms. The molecule has 3 aromatic rings. The highest BCUT2D eigenvalue weighted by atomic mass is 32.2. The summed E-state index contributed by atoms with van der Waals surface area (Å²) in [6.07, 6.45) is 1.62. The first kappa shape index (κ1) is 23.6.